The third kappa shape index (κ3) is 9.16. The molecule has 0 fully saturated rings. The molecule has 0 aromatic rings. The van der Waals surface area contributed by atoms with Crippen LogP contribution >= 0.6 is 9.90 Å². The van der Waals surface area contributed by atoms with Gasteiger partial charge >= 0.3 is 0 Å². The standard InChI is InChI=1S/As.Bi.H3N.H3P/h;;2*1H3. The van der Waals surface area contributed by atoms with Gasteiger partial charge in [0.25, 0.3) is 0 Å². The van der Waals surface area contributed by atoms with Crippen molar-refractivity contribution in [3.63, 3.8) is 0 Å². The minimum absolute atomic E-state index is 0. The van der Waals surface area contributed by atoms with Crippen molar-refractivity contribution in [2.24, 2.45) is 0 Å². The summed E-state index contributed by atoms with van der Waals surface area (Å²) >= 11 is 0. The molecule has 0 aromatic heterocycles. The van der Waals surface area contributed by atoms with Crippen molar-refractivity contribution >= 4 is 54.1 Å². The average Bonchev–Trinajstić information content (AvgIpc) is 0. The Hall–Kier alpha value is 1.83. The Bertz CT molecular complexity index is 8.00. The Morgan fingerprint density at radius 1 is 1.00 bits per heavy atom. The van der Waals surface area contributed by atoms with Crippen molar-refractivity contribution in [3.8, 4) is 0 Å². The van der Waals surface area contributed by atoms with Crippen molar-refractivity contribution in [2.45, 2.75) is 0 Å². The summed E-state index contributed by atoms with van der Waals surface area (Å²) in [5, 5.41) is 0. The summed E-state index contributed by atoms with van der Waals surface area (Å²) in [6.45, 7) is 0. The maximum Gasteiger partial charge on any atom is 0 e. The van der Waals surface area contributed by atoms with Gasteiger partial charge in [0.1, 0.15) is 0 Å². The first kappa shape index (κ1) is 40.6. The topological polar surface area (TPSA) is 35.0 Å². The average molecular weight is 335 g/mol. The fourth-order valence-electron chi connectivity index (χ4n) is 0. The molecule has 0 saturated heterocycles. The van der Waals surface area contributed by atoms with E-state index < -0.39 is 0 Å². The van der Waals surface area contributed by atoms with Crippen LogP contribution in [0.15, 0.2) is 0 Å². The van der Waals surface area contributed by atoms with Crippen LogP contribution in [0.1, 0.15) is 0 Å². The molecular weight excluding hydrogens is 329 g/mol. The van der Waals surface area contributed by atoms with Crippen LogP contribution in [0.3, 0.4) is 0 Å². The summed E-state index contributed by atoms with van der Waals surface area (Å²) in [6, 6.07) is 0. The summed E-state index contributed by atoms with van der Waals surface area (Å²) in [5.74, 6) is 0. The molecular formula is H6AsBiNP. The molecule has 1 atom stereocenters. The van der Waals surface area contributed by atoms with E-state index in [0.29, 0.717) is 0 Å². The van der Waals surface area contributed by atoms with E-state index in [2.05, 4.69) is 0 Å². The first-order valence-electron chi connectivity index (χ1n) is 0. The predicted octanol–water partition coefficient (Wildman–Crippen LogP) is -0.542. The van der Waals surface area contributed by atoms with Gasteiger partial charge in [0.2, 0.25) is 0 Å². The van der Waals surface area contributed by atoms with E-state index in [1.807, 2.05) is 0 Å². The molecule has 26 valence electrons. The van der Waals surface area contributed by atoms with Crippen LogP contribution in [0.5, 0.6) is 0 Å². The van der Waals surface area contributed by atoms with Crippen molar-refractivity contribution < 1.29 is 0 Å². The van der Waals surface area contributed by atoms with E-state index in [4.69, 9.17) is 0 Å². The molecule has 4 heavy (non-hydrogen) atoms. The molecule has 0 rings (SSSR count). The normalized spacial score (nSPS) is 0. The zero-order valence-corrected chi connectivity index (χ0v) is 9.08. The Kier molecular flexibility index (Phi) is 215. The summed E-state index contributed by atoms with van der Waals surface area (Å²) < 4.78 is 0. The molecule has 0 spiro atoms. The van der Waals surface area contributed by atoms with Gasteiger partial charge in [-0.25, -0.2) is 0 Å². The summed E-state index contributed by atoms with van der Waals surface area (Å²) in [7, 11) is 0. The quantitative estimate of drug-likeness (QED) is 0.468. The second kappa shape index (κ2) is 21.1. The molecule has 6 radical (unpaired) electrons. The predicted molar refractivity (Wildman–Crippen MR) is 27.6 cm³/mol. The summed E-state index contributed by atoms with van der Waals surface area (Å²) in [5.41, 5.74) is 0. The monoisotopic (exact) mass is 335 g/mol. The second-order valence-electron chi connectivity index (χ2n) is 0. The molecule has 1 nitrogen and oxygen atoms in total. The van der Waals surface area contributed by atoms with Crippen LogP contribution in [0.25, 0.3) is 0 Å². The van der Waals surface area contributed by atoms with Gasteiger partial charge in [0, 0.05) is 44.2 Å². The van der Waals surface area contributed by atoms with Crippen LogP contribution in [0.2, 0.25) is 0 Å². The first-order valence-corrected chi connectivity index (χ1v) is 0. The van der Waals surface area contributed by atoms with E-state index in [9.17, 15) is 0 Å². The van der Waals surface area contributed by atoms with Gasteiger partial charge in [0.05, 0.1) is 0 Å². The molecule has 0 aliphatic heterocycles. The maximum atomic E-state index is 0. The molecule has 0 heterocycles. The van der Waals surface area contributed by atoms with E-state index >= 15 is 0 Å². The fourth-order valence-corrected chi connectivity index (χ4v) is 0. The molecule has 0 aliphatic carbocycles. The Labute approximate surface area is 59.9 Å². The van der Waals surface area contributed by atoms with Crippen molar-refractivity contribution in [1.29, 1.82) is 0 Å². The Morgan fingerprint density at radius 3 is 1.00 bits per heavy atom. The fraction of sp³-hybridized carbons (Fsp3) is 0. The molecule has 0 aliphatic rings. The smallest absolute Gasteiger partial charge is 0 e. The molecule has 4 heteroatoms. The van der Waals surface area contributed by atoms with Gasteiger partial charge < -0.3 is 6.15 Å². The van der Waals surface area contributed by atoms with Gasteiger partial charge in [0.15, 0.2) is 0 Å². The van der Waals surface area contributed by atoms with E-state index in [0.717, 1.165) is 0 Å². The zero-order chi connectivity index (χ0) is 0. The van der Waals surface area contributed by atoms with E-state index in [1.165, 1.54) is 0 Å². The van der Waals surface area contributed by atoms with Crippen molar-refractivity contribution in [3.05, 3.63) is 0 Å². The van der Waals surface area contributed by atoms with Gasteiger partial charge in [-0.2, -0.15) is 9.90 Å². The molecule has 0 saturated carbocycles. The van der Waals surface area contributed by atoms with E-state index in [-0.39, 0.29) is 60.2 Å². The van der Waals surface area contributed by atoms with Crippen molar-refractivity contribution in [1.82, 2.24) is 6.15 Å². The van der Waals surface area contributed by atoms with Gasteiger partial charge in [-0.05, 0) is 0 Å². The van der Waals surface area contributed by atoms with Crippen LogP contribution in [-0.4, -0.2) is 44.2 Å². The third-order valence-electron chi connectivity index (χ3n) is 0. The minimum Gasteiger partial charge on any atom is -0.344 e. The number of rotatable bonds is 0. The Balaban J connectivity index is 0. The molecule has 3 N–H and O–H groups in total. The number of hydrogen-bond acceptors (Lipinski definition) is 1. The van der Waals surface area contributed by atoms with Crippen molar-refractivity contribution in [2.75, 3.05) is 0 Å². The van der Waals surface area contributed by atoms with E-state index in [1.54, 1.807) is 0 Å². The molecule has 0 bridgehead atoms. The largest absolute Gasteiger partial charge is 0.344 e. The van der Waals surface area contributed by atoms with Crippen LogP contribution in [0.4, 0.5) is 0 Å². The third-order valence-corrected chi connectivity index (χ3v) is 0. The molecule has 0 aromatic carbocycles. The summed E-state index contributed by atoms with van der Waals surface area (Å²) in [4.78, 5) is 0. The van der Waals surface area contributed by atoms with Crippen LogP contribution in [-0.2, 0) is 0 Å². The van der Waals surface area contributed by atoms with Gasteiger partial charge in [-0.15, -0.1) is 0 Å². The van der Waals surface area contributed by atoms with Gasteiger partial charge in [-0.3, -0.25) is 0 Å². The van der Waals surface area contributed by atoms with Crippen LogP contribution in [0, 0.1) is 0 Å². The summed E-state index contributed by atoms with van der Waals surface area (Å²) in [6.07, 6.45) is 0. The SMILES string of the molecule is N.P.[As].[Bi]. The molecule has 1 unspecified atom stereocenters. The van der Waals surface area contributed by atoms with Gasteiger partial charge in [-0.1, -0.05) is 0 Å². The number of hydrogen-bond donors (Lipinski definition) is 1. The second-order valence-corrected chi connectivity index (χ2v) is 0. The molecule has 0 amide bonds. The maximum absolute atomic E-state index is 0. The zero-order valence-electron chi connectivity index (χ0n) is 2.31. The Morgan fingerprint density at radius 2 is 1.00 bits per heavy atom. The first-order chi connectivity index (χ1) is 0. The van der Waals surface area contributed by atoms with Crippen LogP contribution < -0.4 is 6.15 Å². The minimum atomic E-state index is 0.